The molecule has 24 heavy (non-hydrogen) atoms. The fourth-order valence-corrected chi connectivity index (χ4v) is 3.60. The highest BCUT2D eigenvalue weighted by atomic mass is 35.5. The lowest BCUT2D eigenvalue weighted by molar-refractivity contribution is 0.0967. The highest BCUT2D eigenvalue weighted by molar-refractivity contribution is 7.89. The molecule has 2 aromatic rings. The van der Waals surface area contributed by atoms with Gasteiger partial charge in [-0.25, -0.2) is 13.1 Å². The van der Waals surface area contributed by atoms with Crippen LogP contribution in [0.5, 0.6) is 0 Å². The Hall–Kier alpha value is -1.69. The third-order valence-electron chi connectivity index (χ3n) is 4.02. The molecule has 1 N–H and O–H groups in total. The number of carbonyl (C=O) groups excluding carboxylic acids is 1. The van der Waals surface area contributed by atoms with Crippen LogP contribution in [0.25, 0.3) is 0 Å². The van der Waals surface area contributed by atoms with Crippen molar-refractivity contribution in [1.82, 2.24) is 4.72 Å². The number of nitrogens with one attached hydrogen (secondary N) is 1. The van der Waals surface area contributed by atoms with Gasteiger partial charge in [0.25, 0.3) is 0 Å². The zero-order chi connectivity index (χ0) is 17.2. The van der Waals surface area contributed by atoms with Gasteiger partial charge in [-0.2, -0.15) is 0 Å². The van der Waals surface area contributed by atoms with E-state index in [2.05, 4.69) is 4.72 Å². The van der Waals surface area contributed by atoms with Crippen molar-refractivity contribution in [2.75, 3.05) is 6.54 Å². The average Bonchev–Trinajstić information content (AvgIpc) is 3.41. The van der Waals surface area contributed by atoms with E-state index in [-0.39, 0.29) is 16.6 Å². The van der Waals surface area contributed by atoms with Crippen LogP contribution in [0, 0.1) is 5.92 Å². The Morgan fingerprint density at radius 1 is 1.04 bits per heavy atom. The van der Waals surface area contributed by atoms with Crippen molar-refractivity contribution in [1.29, 1.82) is 0 Å². The van der Waals surface area contributed by atoms with Crippen LogP contribution in [0.15, 0.2) is 53.4 Å². The van der Waals surface area contributed by atoms with Crippen LogP contribution >= 0.6 is 11.6 Å². The first-order valence-electron chi connectivity index (χ1n) is 7.84. The Morgan fingerprint density at radius 3 is 2.25 bits per heavy atom. The third-order valence-corrected chi connectivity index (χ3v) is 5.75. The Morgan fingerprint density at radius 2 is 1.67 bits per heavy atom. The zero-order valence-electron chi connectivity index (χ0n) is 13.0. The van der Waals surface area contributed by atoms with Gasteiger partial charge in [-0.05, 0) is 49.1 Å². The Bertz CT molecular complexity index is 826. The number of ketones is 1. The number of benzene rings is 2. The molecule has 0 spiro atoms. The summed E-state index contributed by atoms with van der Waals surface area (Å²) in [5.74, 6) is 0.236. The van der Waals surface area contributed by atoms with E-state index in [1.807, 2.05) is 12.1 Å². The molecule has 0 atom stereocenters. The molecule has 0 bridgehead atoms. The van der Waals surface area contributed by atoms with Crippen LogP contribution in [0.2, 0.25) is 5.02 Å². The minimum absolute atomic E-state index is 0.106. The van der Waals surface area contributed by atoms with Gasteiger partial charge in [0, 0.05) is 23.0 Å². The van der Waals surface area contributed by atoms with E-state index < -0.39 is 10.0 Å². The van der Waals surface area contributed by atoms with Crippen molar-refractivity contribution in [2.45, 2.75) is 24.2 Å². The monoisotopic (exact) mass is 363 g/mol. The van der Waals surface area contributed by atoms with Gasteiger partial charge in [-0.3, -0.25) is 4.79 Å². The first-order chi connectivity index (χ1) is 11.5. The second-order valence-electron chi connectivity index (χ2n) is 5.94. The van der Waals surface area contributed by atoms with Gasteiger partial charge in [0.05, 0.1) is 4.90 Å². The highest BCUT2D eigenvalue weighted by Gasteiger charge is 2.30. The van der Waals surface area contributed by atoms with E-state index in [9.17, 15) is 13.2 Å². The Balaban J connectivity index is 1.60. The maximum absolute atomic E-state index is 12.3. The Labute approximate surface area is 146 Å². The molecule has 3 rings (SSSR count). The van der Waals surface area contributed by atoms with Crippen molar-refractivity contribution in [3.05, 3.63) is 64.7 Å². The summed E-state index contributed by atoms with van der Waals surface area (Å²) in [7, 11) is -3.57. The maximum Gasteiger partial charge on any atom is 0.240 e. The molecule has 1 aliphatic carbocycles. The van der Waals surface area contributed by atoms with Crippen molar-refractivity contribution in [2.24, 2.45) is 5.92 Å². The first kappa shape index (κ1) is 17.1. The SMILES string of the molecule is O=C(c1ccc(S(=O)(=O)NCCc2ccc(Cl)cc2)cc1)C1CC1. The molecule has 126 valence electrons. The molecule has 6 heteroatoms. The lowest BCUT2D eigenvalue weighted by Crippen LogP contribution is -2.26. The average molecular weight is 364 g/mol. The highest BCUT2D eigenvalue weighted by Crippen LogP contribution is 2.32. The number of hydrogen-bond donors (Lipinski definition) is 1. The fourth-order valence-electron chi connectivity index (χ4n) is 2.44. The quantitative estimate of drug-likeness (QED) is 0.766. The second kappa shape index (κ2) is 7.05. The van der Waals surface area contributed by atoms with Gasteiger partial charge < -0.3 is 0 Å². The van der Waals surface area contributed by atoms with E-state index in [1.165, 1.54) is 12.1 Å². The van der Waals surface area contributed by atoms with Gasteiger partial charge in [-0.15, -0.1) is 0 Å². The summed E-state index contributed by atoms with van der Waals surface area (Å²) >= 11 is 5.82. The van der Waals surface area contributed by atoms with Gasteiger partial charge in [0.15, 0.2) is 5.78 Å². The maximum atomic E-state index is 12.3. The Kier molecular flexibility index (Phi) is 5.04. The molecule has 1 aliphatic rings. The molecule has 4 nitrogen and oxygen atoms in total. The smallest absolute Gasteiger partial charge is 0.240 e. The van der Waals surface area contributed by atoms with Crippen LogP contribution in [0.1, 0.15) is 28.8 Å². The molecule has 1 fully saturated rings. The number of rotatable bonds is 7. The number of hydrogen-bond acceptors (Lipinski definition) is 3. The topological polar surface area (TPSA) is 63.2 Å². The standard InChI is InChI=1S/C18H18ClNO3S/c19-16-7-1-13(2-8-16)11-12-20-24(22,23)17-9-5-15(6-10-17)18(21)14-3-4-14/h1-2,5-10,14,20H,3-4,11-12H2. The van der Waals surface area contributed by atoms with E-state index in [1.54, 1.807) is 24.3 Å². The molecule has 0 radical (unpaired) electrons. The fraction of sp³-hybridized carbons (Fsp3) is 0.278. The third kappa shape index (κ3) is 4.23. The molecule has 0 heterocycles. The molecule has 0 saturated heterocycles. The van der Waals surface area contributed by atoms with Crippen LogP contribution < -0.4 is 4.72 Å². The van der Waals surface area contributed by atoms with Gasteiger partial charge in [0.1, 0.15) is 0 Å². The second-order valence-corrected chi connectivity index (χ2v) is 8.14. The first-order valence-corrected chi connectivity index (χ1v) is 9.70. The van der Waals surface area contributed by atoms with Gasteiger partial charge in [0.2, 0.25) is 10.0 Å². The van der Waals surface area contributed by atoms with Crippen molar-refractivity contribution in [3.63, 3.8) is 0 Å². The summed E-state index contributed by atoms with van der Waals surface area (Å²) in [4.78, 5) is 12.1. The van der Waals surface area contributed by atoms with Crippen LogP contribution in [-0.2, 0) is 16.4 Å². The molecular formula is C18H18ClNO3S. The predicted molar refractivity (Wildman–Crippen MR) is 93.8 cm³/mol. The molecular weight excluding hydrogens is 346 g/mol. The predicted octanol–water partition coefficient (Wildman–Crippen LogP) is 3.45. The van der Waals surface area contributed by atoms with Gasteiger partial charge in [-0.1, -0.05) is 35.9 Å². The largest absolute Gasteiger partial charge is 0.294 e. The number of halogens is 1. The minimum Gasteiger partial charge on any atom is -0.294 e. The molecule has 2 aromatic carbocycles. The van der Waals surface area contributed by atoms with E-state index in [4.69, 9.17) is 11.6 Å². The normalized spacial score (nSPS) is 14.5. The summed E-state index contributed by atoms with van der Waals surface area (Å²) in [6, 6.07) is 13.5. The van der Waals surface area contributed by atoms with Gasteiger partial charge >= 0.3 is 0 Å². The number of carbonyl (C=O) groups is 1. The molecule has 0 amide bonds. The van der Waals surface area contributed by atoms with Crippen LogP contribution in [-0.4, -0.2) is 20.7 Å². The van der Waals surface area contributed by atoms with Crippen LogP contribution in [0.3, 0.4) is 0 Å². The number of sulfonamides is 1. The van der Waals surface area contributed by atoms with E-state index in [0.29, 0.717) is 23.6 Å². The summed E-state index contributed by atoms with van der Waals surface area (Å²) < 4.78 is 27.1. The molecule has 0 aliphatic heterocycles. The summed E-state index contributed by atoms with van der Waals surface area (Å²) in [6.45, 7) is 0.298. The molecule has 0 aromatic heterocycles. The van der Waals surface area contributed by atoms with Crippen LogP contribution in [0.4, 0.5) is 0 Å². The van der Waals surface area contributed by atoms with E-state index in [0.717, 1.165) is 18.4 Å². The summed E-state index contributed by atoms with van der Waals surface area (Å²) in [6.07, 6.45) is 2.45. The lowest BCUT2D eigenvalue weighted by atomic mass is 10.1. The lowest BCUT2D eigenvalue weighted by Gasteiger charge is -2.08. The van der Waals surface area contributed by atoms with Crippen molar-refractivity contribution in [3.8, 4) is 0 Å². The minimum atomic E-state index is -3.57. The van der Waals surface area contributed by atoms with Crippen molar-refractivity contribution < 1.29 is 13.2 Å². The summed E-state index contributed by atoms with van der Waals surface area (Å²) in [5.41, 5.74) is 1.59. The molecule has 0 unspecified atom stereocenters. The van der Waals surface area contributed by atoms with Crippen molar-refractivity contribution >= 4 is 27.4 Å². The van der Waals surface area contributed by atoms with E-state index >= 15 is 0 Å². The summed E-state index contributed by atoms with van der Waals surface area (Å²) in [5, 5.41) is 0.653. The number of Topliss-reactive ketones (excluding diaryl/α,β-unsaturated/α-hetero) is 1. The molecule has 1 saturated carbocycles. The zero-order valence-corrected chi connectivity index (χ0v) is 14.6.